The fraction of sp³-hybridized carbons (Fsp3) is 0.294. The molecular formula is C17H18ClN5. The van der Waals surface area contributed by atoms with E-state index >= 15 is 0 Å². The third-order valence-electron chi connectivity index (χ3n) is 3.78. The fourth-order valence-electron chi connectivity index (χ4n) is 2.75. The van der Waals surface area contributed by atoms with Gasteiger partial charge in [-0.05, 0) is 13.0 Å². The smallest absolute Gasteiger partial charge is 0.135 e. The number of rotatable bonds is 3. The molecule has 3 rings (SSSR count). The van der Waals surface area contributed by atoms with Gasteiger partial charge in [0, 0.05) is 17.6 Å². The summed E-state index contributed by atoms with van der Waals surface area (Å²) in [5.41, 5.74) is 3.65. The third-order valence-corrected chi connectivity index (χ3v) is 4.11. The Balaban J connectivity index is 2.11. The van der Waals surface area contributed by atoms with Crippen LogP contribution in [-0.4, -0.2) is 34.7 Å². The van der Waals surface area contributed by atoms with Crippen LogP contribution in [0.15, 0.2) is 29.3 Å². The number of fused-ring (bicyclic) bond motifs is 1. The lowest BCUT2D eigenvalue weighted by Gasteiger charge is -2.17. The number of aryl methyl sites for hydroxylation is 2. The van der Waals surface area contributed by atoms with Crippen LogP contribution in [0.1, 0.15) is 16.8 Å². The van der Waals surface area contributed by atoms with E-state index in [4.69, 9.17) is 23.0 Å². The topological polar surface area (TPSA) is 54.2 Å². The van der Waals surface area contributed by atoms with Gasteiger partial charge in [-0.25, -0.2) is 0 Å². The normalized spacial score (nSPS) is 16.8. The Morgan fingerprint density at radius 3 is 3.00 bits per heavy atom. The lowest BCUT2D eigenvalue weighted by molar-refractivity contribution is 0.603. The van der Waals surface area contributed by atoms with Crippen molar-refractivity contribution in [1.29, 1.82) is 0 Å². The molecule has 6 heteroatoms. The summed E-state index contributed by atoms with van der Waals surface area (Å²) in [6, 6.07) is 7.72. The standard InChI is InChI=1S/C17H18ClN5/c1-4-9-19-14-10-20-16(12-7-5-6-8-13(12)18)15-11(2)22-23(3)17(15)21-14/h1,5-8,14,19,21H,9-10H2,2-3H3. The average Bonchev–Trinajstić information content (AvgIpc) is 2.72. The van der Waals surface area contributed by atoms with Crippen molar-refractivity contribution in [1.82, 2.24) is 15.1 Å². The summed E-state index contributed by atoms with van der Waals surface area (Å²) < 4.78 is 1.83. The van der Waals surface area contributed by atoms with Crippen molar-refractivity contribution in [3.8, 4) is 12.3 Å². The van der Waals surface area contributed by atoms with Crippen molar-refractivity contribution in [2.45, 2.75) is 13.1 Å². The van der Waals surface area contributed by atoms with Gasteiger partial charge in [-0.1, -0.05) is 35.7 Å². The molecule has 0 saturated carbocycles. The molecule has 1 aromatic heterocycles. The molecule has 5 nitrogen and oxygen atoms in total. The lowest BCUT2D eigenvalue weighted by Crippen LogP contribution is -2.39. The summed E-state index contributed by atoms with van der Waals surface area (Å²) in [6.45, 7) is 3.00. The summed E-state index contributed by atoms with van der Waals surface area (Å²) in [6.07, 6.45) is 5.28. The zero-order chi connectivity index (χ0) is 16.4. The van der Waals surface area contributed by atoms with E-state index in [0.717, 1.165) is 28.4 Å². The molecule has 0 saturated heterocycles. The minimum absolute atomic E-state index is 0.0559. The van der Waals surface area contributed by atoms with Crippen LogP contribution >= 0.6 is 11.6 Å². The molecule has 2 N–H and O–H groups in total. The molecule has 1 aliphatic rings. The summed E-state index contributed by atoms with van der Waals surface area (Å²) in [4.78, 5) is 4.79. The van der Waals surface area contributed by atoms with Gasteiger partial charge in [-0.15, -0.1) is 6.42 Å². The van der Waals surface area contributed by atoms with Crippen LogP contribution in [-0.2, 0) is 7.05 Å². The molecule has 0 amide bonds. The van der Waals surface area contributed by atoms with Crippen LogP contribution in [0.25, 0.3) is 0 Å². The fourth-order valence-corrected chi connectivity index (χ4v) is 2.98. The number of aliphatic imine (C=N–C) groups is 1. The number of benzene rings is 1. The van der Waals surface area contributed by atoms with Gasteiger partial charge in [0.15, 0.2) is 0 Å². The highest BCUT2D eigenvalue weighted by Gasteiger charge is 2.26. The summed E-state index contributed by atoms with van der Waals surface area (Å²) in [5.74, 6) is 3.50. The number of terminal acetylenes is 1. The largest absolute Gasteiger partial charge is 0.353 e. The second-order valence-corrected chi connectivity index (χ2v) is 5.79. The maximum atomic E-state index is 6.39. The van der Waals surface area contributed by atoms with Gasteiger partial charge >= 0.3 is 0 Å². The first-order valence-electron chi connectivity index (χ1n) is 7.38. The highest BCUT2D eigenvalue weighted by molar-refractivity contribution is 6.36. The van der Waals surface area contributed by atoms with E-state index in [1.165, 1.54) is 0 Å². The number of hydrogen-bond acceptors (Lipinski definition) is 4. The molecule has 0 bridgehead atoms. The zero-order valence-electron chi connectivity index (χ0n) is 13.1. The highest BCUT2D eigenvalue weighted by atomic mass is 35.5. The van der Waals surface area contributed by atoms with Gasteiger partial charge < -0.3 is 5.32 Å². The number of aromatic nitrogens is 2. The molecular weight excluding hydrogens is 310 g/mol. The number of anilines is 1. The first kappa shape index (κ1) is 15.6. The van der Waals surface area contributed by atoms with Crippen molar-refractivity contribution >= 4 is 23.1 Å². The first-order valence-corrected chi connectivity index (χ1v) is 7.76. The lowest BCUT2D eigenvalue weighted by atomic mass is 10.0. The number of halogens is 1. The monoisotopic (exact) mass is 327 g/mol. The quantitative estimate of drug-likeness (QED) is 0.850. The Morgan fingerprint density at radius 2 is 2.26 bits per heavy atom. The van der Waals surface area contributed by atoms with Crippen molar-refractivity contribution in [2.24, 2.45) is 12.0 Å². The van der Waals surface area contributed by atoms with Crippen molar-refractivity contribution < 1.29 is 0 Å². The Bertz CT molecular complexity index is 800. The summed E-state index contributed by atoms with van der Waals surface area (Å²) in [7, 11) is 1.91. The second-order valence-electron chi connectivity index (χ2n) is 5.38. The molecule has 0 aliphatic carbocycles. The zero-order valence-corrected chi connectivity index (χ0v) is 13.9. The van der Waals surface area contributed by atoms with Gasteiger partial charge in [-0.3, -0.25) is 15.0 Å². The Hall–Kier alpha value is -2.29. The van der Waals surface area contributed by atoms with E-state index in [9.17, 15) is 0 Å². The van der Waals surface area contributed by atoms with Crippen LogP contribution in [0, 0.1) is 19.3 Å². The predicted octanol–water partition coefficient (Wildman–Crippen LogP) is 2.19. The molecule has 1 aliphatic heterocycles. The van der Waals surface area contributed by atoms with E-state index in [-0.39, 0.29) is 6.17 Å². The van der Waals surface area contributed by atoms with Gasteiger partial charge in [0.05, 0.1) is 36.2 Å². The average molecular weight is 328 g/mol. The maximum absolute atomic E-state index is 6.39. The minimum atomic E-state index is -0.0559. The molecule has 0 spiro atoms. The summed E-state index contributed by atoms with van der Waals surface area (Å²) in [5, 5.41) is 11.9. The van der Waals surface area contributed by atoms with Gasteiger partial charge in [0.25, 0.3) is 0 Å². The number of nitrogens with zero attached hydrogens (tertiary/aromatic N) is 3. The molecule has 2 aromatic rings. The van der Waals surface area contributed by atoms with Crippen molar-refractivity contribution in [3.05, 3.63) is 46.1 Å². The first-order chi connectivity index (χ1) is 11.1. The van der Waals surface area contributed by atoms with E-state index < -0.39 is 0 Å². The van der Waals surface area contributed by atoms with Crippen molar-refractivity contribution in [2.75, 3.05) is 18.4 Å². The second kappa shape index (κ2) is 6.45. The van der Waals surface area contributed by atoms with Gasteiger partial charge in [-0.2, -0.15) is 5.10 Å². The predicted molar refractivity (Wildman–Crippen MR) is 94.1 cm³/mol. The Morgan fingerprint density at radius 1 is 1.48 bits per heavy atom. The molecule has 23 heavy (non-hydrogen) atoms. The van der Waals surface area contributed by atoms with E-state index in [1.54, 1.807) is 0 Å². The molecule has 1 unspecified atom stereocenters. The van der Waals surface area contributed by atoms with Crippen LogP contribution in [0.4, 0.5) is 5.82 Å². The SMILES string of the molecule is C#CCNC1CN=C(c2ccccc2Cl)c2c(C)nn(C)c2N1. The van der Waals surface area contributed by atoms with Crippen molar-refractivity contribution in [3.63, 3.8) is 0 Å². The van der Waals surface area contributed by atoms with E-state index in [0.29, 0.717) is 18.1 Å². The number of hydrogen-bond donors (Lipinski definition) is 2. The summed E-state index contributed by atoms with van der Waals surface area (Å²) >= 11 is 6.39. The minimum Gasteiger partial charge on any atom is -0.353 e. The van der Waals surface area contributed by atoms with Crippen LogP contribution < -0.4 is 10.6 Å². The van der Waals surface area contributed by atoms with Crippen LogP contribution in [0.2, 0.25) is 5.02 Å². The maximum Gasteiger partial charge on any atom is 0.135 e. The highest BCUT2D eigenvalue weighted by Crippen LogP contribution is 2.28. The van der Waals surface area contributed by atoms with Gasteiger partial charge in [0.2, 0.25) is 0 Å². The Kier molecular flexibility index (Phi) is 4.37. The van der Waals surface area contributed by atoms with E-state index in [2.05, 4.69) is 21.7 Å². The Labute approximate surface area is 140 Å². The third kappa shape index (κ3) is 2.96. The van der Waals surface area contributed by atoms with Gasteiger partial charge in [0.1, 0.15) is 5.82 Å². The molecule has 118 valence electrons. The molecule has 0 fully saturated rings. The molecule has 1 atom stereocenters. The molecule has 0 radical (unpaired) electrons. The van der Waals surface area contributed by atoms with Crippen LogP contribution in [0.3, 0.4) is 0 Å². The number of nitrogens with one attached hydrogen (secondary N) is 2. The van der Waals surface area contributed by atoms with Crippen LogP contribution in [0.5, 0.6) is 0 Å². The molecule has 1 aromatic carbocycles. The molecule has 2 heterocycles. The van der Waals surface area contributed by atoms with E-state index in [1.807, 2.05) is 42.9 Å².